The molecule has 4 saturated carbocycles. The van der Waals surface area contributed by atoms with E-state index in [0.717, 1.165) is 12.8 Å². The Balaban J connectivity index is 1.75. The van der Waals surface area contributed by atoms with Crippen LogP contribution in [0.15, 0.2) is 0 Å². The molecule has 4 bridgehead atoms. The number of alkyl halides is 1. The van der Waals surface area contributed by atoms with Gasteiger partial charge in [-0.05, 0) is 61.2 Å². The fourth-order valence-electron chi connectivity index (χ4n) is 5.49. The molecule has 1 nitrogen and oxygen atoms in total. The molecule has 0 heterocycles. The smallest absolute Gasteiger partial charge is 0.103 e. The Bertz CT molecular complexity index is 277. The van der Waals surface area contributed by atoms with E-state index in [-0.39, 0.29) is 6.10 Å². The average Bonchev–Trinajstić information content (AvgIpc) is 2.84. The molecule has 4 fully saturated rings. The fraction of sp³-hybridized carbons (Fsp3) is 1.00. The summed E-state index contributed by atoms with van der Waals surface area (Å²) >= 11 is 0. The Labute approximate surface area is 83.7 Å². The van der Waals surface area contributed by atoms with Gasteiger partial charge in [0.1, 0.15) is 6.17 Å². The van der Waals surface area contributed by atoms with Gasteiger partial charge in [-0.1, -0.05) is 0 Å². The Morgan fingerprint density at radius 1 is 0.929 bits per heavy atom. The molecule has 78 valence electrons. The Hall–Kier alpha value is -0.110. The van der Waals surface area contributed by atoms with Crippen LogP contribution in [0.25, 0.3) is 0 Å². The highest BCUT2D eigenvalue weighted by molar-refractivity contribution is 5.14. The SMILES string of the molecule is OC1C2CCC1C1C3CC(CC3F)C21. The van der Waals surface area contributed by atoms with E-state index in [1.807, 2.05) is 0 Å². The van der Waals surface area contributed by atoms with Gasteiger partial charge in [0.05, 0.1) is 6.10 Å². The molecule has 8 atom stereocenters. The molecule has 0 aromatic carbocycles. The molecule has 1 N–H and O–H groups in total. The lowest BCUT2D eigenvalue weighted by Crippen LogP contribution is -2.33. The number of hydrogen-bond acceptors (Lipinski definition) is 1. The number of halogens is 1. The van der Waals surface area contributed by atoms with Gasteiger partial charge in [-0.15, -0.1) is 0 Å². The quantitative estimate of drug-likeness (QED) is 0.587. The van der Waals surface area contributed by atoms with Crippen LogP contribution in [0.4, 0.5) is 4.39 Å². The molecule has 0 spiro atoms. The summed E-state index contributed by atoms with van der Waals surface area (Å²) in [6, 6.07) is 0. The van der Waals surface area contributed by atoms with E-state index in [2.05, 4.69) is 0 Å². The monoisotopic (exact) mass is 196 g/mol. The second-order valence-electron chi connectivity index (χ2n) is 5.96. The lowest BCUT2D eigenvalue weighted by Gasteiger charge is -2.35. The van der Waals surface area contributed by atoms with Crippen molar-refractivity contribution in [3.8, 4) is 0 Å². The van der Waals surface area contributed by atoms with E-state index in [1.54, 1.807) is 0 Å². The molecular weight excluding hydrogens is 179 g/mol. The first-order valence-electron chi connectivity index (χ1n) is 6.09. The second-order valence-corrected chi connectivity index (χ2v) is 5.96. The standard InChI is InChI=1S/C12H17FO/c13-9-4-5-3-8(9)11-7-2-1-6(10(5)11)12(7)14/h5-12,14H,1-4H2. The zero-order valence-electron chi connectivity index (χ0n) is 8.27. The molecule has 8 unspecified atom stereocenters. The summed E-state index contributed by atoms with van der Waals surface area (Å²) in [5, 5.41) is 10.1. The summed E-state index contributed by atoms with van der Waals surface area (Å²) in [6.45, 7) is 0. The molecule has 2 heteroatoms. The van der Waals surface area contributed by atoms with Gasteiger partial charge in [-0.2, -0.15) is 0 Å². The van der Waals surface area contributed by atoms with Crippen molar-refractivity contribution < 1.29 is 9.50 Å². The summed E-state index contributed by atoms with van der Waals surface area (Å²) in [7, 11) is 0. The zero-order chi connectivity index (χ0) is 9.45. The van der Waals surface area contributed by atoms with E-state index < -0.39 is 6.17 Å². The summed E-state index contributed by atoms with van der Waals surface area (Å²) < 4.78 is 13.6. The molecule has 0 aromatic rings. The van der Waals surface area contributed by atoms with Gasteiger partial charge in [0.15, 0.2) is 0 Å². The zero-order valence-corrected chi connectivity index (χ0v) is 8.27. The normalized spacial score (nSPS) is 69.0. The van der Waals surface area contributed by atoms with Crippen molar-refractivity contribution in [2.24, 2.45) is 35.5 Å². The Morgan fingerprint density at radius 3 is 2.43 bits per heavy atom. The first-order chi connectivity index (χ1) is 6.77. The van der Waals surface area contributed by atoms with Crippen molar-refractivity contribution >= 4 is 0 Å². The maximum atomic E-state index is 13.6. The van der Waals surface area contributed by atoms with Gasteiger partial charge in [0.25, 0.3) is 0 Å². The lowest BCUT2D eigenvalue weighted by molar-refractivity contribution is 0.0797. The molecule has 0 aromatic heterocycles. The summed E-state index contributed by atoms with van der Waals surface area (Å²) in [6.07, 6.45) is 3.72. The third-order valence-corrected chi connectivity index (χ3v) is 5.75. The number of aliphatic hydroxyl groups is 1. The highest BCUT2D eigenvalue weighted by atomic mass is 19.1. The minimum absolute atomic E-state index is 0.0689. The highest BCUT2D eigenvalue weighted by Crippen LogP contribution is 2.67. The van der Waals surface area contributed by atoms with Crippen molar-refractivity contribution in [2.45, 2.75) is 38.0 Å². The van der Waals surface area contributed by atoms with Crippen molar-refractivity contribution in [1.29, 1.82) is 0 Å². The molecule has 0 aliphatic heterocycles. The van der Waals surface area contributed by atoms with Crippen LogP contribution in [-0.4, -0.2) is 17.4 Å². The summed E-state index contributed by atoms with van der Waals surface area (Å²) in [4.78, 5) is 0. The Kier molecular flexibility index (Phi) is 1.35. The van der Waals surface area contributed by atoms with Crippen molar-refractivity contribution in [3.63, 3.8) is 0 Å². The van der Waals surface area contributed by atoms with E-state index in [0.29, 0.717) is 35.5 Å². The lowest BCUT2D eigenvalue weighted by atomic mass is 9.70. The van der Waals surface area contributed by atoms with Crippen LogP contribution >= 0.6 is 0 Å². The first-order valence-corrected chi connectivity index (χ1v) is 6.09. The van der Waals surface area contributed by atoms with Crippen LogP contribution < -0.4 is 0 Å². The molecule has 0 radical (unpaired) electrons. The van der Waals surface area contributed by atoms with Crippen LogP contribution in [0.1, 0.15) is 25.7 Å². The number of aliphatic hydroxyl groups excluding tert-OH is 1. The van der Waals surface area contributed by atoms with Crippen LogP contribution in [0.2, 0.25) is 0 Å². The van der Waals surface area contributed by atoms with Crippen LogP contribution in [0.5, 0.6) is 0 Å². The molecule has 0 amide bonds. The molecular formula is C12H17FO. The predicted molar refractivity (Wildman–Crippen MR) is 50.3 cm³/mol. The highest BCUT2D eigenvalue weighted by Gasteiger charge is 2.65. The van der Waals surface area contributed by atoms with Gasteiger partial charge in [0.2, 0.25) is 0 Å². The van der Waals surface area contributed by atoms with Gasteiger partial charge in [-0.3, -0.25) is 0 Å². The third-order valence-electron chi connectivity index (χ3n) is 5.75. The first kappa shape index (κ1) is 8.09. The number of hydrogen-bond donors (Lipinski definition) is 1. The van der Waals surface area contributed by atoms with Gasteiger partial charge >= 0.3 is 0 Å². The molecule has 4 aliphatic carbocycles. The average molecular weight is 196 g/mol. The molecule has 14 heavy (non-hydrogen) atoms. The number of fused-ring (bicyclic) bond motifs is 9. The van der Waals surface area contributed by atoms with Crippen LogP contribution in [0, 0.1) is 35.5 Å². The van der Waals surface area contributed by atoms with Crippen LogP contribution in [-0.2, 0) is 0 Å². The maximum Gasteiger partial charge on any atom is 0.103 e. The minimum Gasteiger partial charge on any atom is -0.393 e. The van der Waals surface area contributed by atoms with E-state index >= 15 is 0 Å². The predicted octanol–water partition coefficient (Wildman–Crippen LogP) is 2.00. The Morgan fingerprint density at radius 2 is 1.64 bits per heavy atom. The summed E-state index contributed by atoms with van der Waals surface area (Å²) in [5.74, 6) is 3.25. The minimum atomic E-state index is -0.534. The van der Waals surface area contributed by atoms with Gasteiger partial charge in [0, 0.05) is 0 Å². The van der Waals surface area contributed by atoms with Gasteiger partial charge in [-0.25, -0.2) is 4.39 Å². The maximum absolute atomic E-state index is 13.6. The van der Waals surface area contributed by atoms with Crippen molar-refractivity contribution in [2.75, 3.05) is 0 Å². The topological polar surface area (TPSA) is 20.2 Å². The van der Waals surface area contributed by atoms with Crippen LogP contribution in [0.3, 0.4) is 0 Å². The molecule has 4 rings (SSSR count). The van der Waals surface area contributed by atoms with E-state index in [1.165, 1.54) is 12.8 Å². The van der Waals surface area contributed by atoms with E-state index in [4.69, 9.17) is 0 Å². The third kappa shape index (κ3) is 0.700. The molecule has 0 saturated heterocycles. The van der Waals surface area contributed by atoms with Crippen molar-refractivity contribution in [1.82, 2.24) is 0 Å². The largest absolute Gasteiger partial charge is 0.393 e. The molecule has 4 aliphatic rings. The van der Waals surface area contributed by atoms with Crippen molar-refractivity contribution in [3.05, 3.63) is 0 Å². The number of rotatable bonds is 0. The second kappa shape index (κ2) is 2.34. The fourth-order valence-corrected chi connectivity index (χ4v) is 5.49. The van der Waals surface area contributed by atoms with E-state index in [9.17, 15) is 9.50 Å². The van der Waals surface area contributed by atoms with Gasteiger partial charge < -0.3 is 5.11 Å². The summed E-state index contributed by atoms with van der Waals surface area (Å²) in [5.41, 5.74) is 0.